The fourth-order valence-corrected chi connectivity index (χ4v) is 1.97. The predicted molar refractivity (Wildman–Crippen MR) is 68.2 cm³/mol. The van der Waals surface area contributed by atoms with E-state index in [9.17, 15) is 0 Å². The van der Waals surface area contributed by atoms with Gasteiger partial charge in [-0.3, -0.25) is 9.05 Å². The summed E-state index contributed by atoms with van der Waals surface area (Å²) in [6.07, 6.45) is 3.85. The Bertz CT molecular complexity index is 410. The molecule has 0 spiro atoms. The molecule has 80 valence electrons. The van der Waals surface area contributed by atoms with Crippen LogP contribution in [0.1, 0.15) is 0 Å². The average Bonchev–Trinajstić information content (AvgIpc) is 2.31. The fraction of sp³-hybridized carbons (Fsp3) is 0. The quantitative estimate of drug-likeness (QED) is 0.743. The standard InChI is InChI=1S/C13H12O2P/c1-16(14-12-8-4-2-5-9-12)15-13-10-6-3-7-11-13/h2-11H,1H2/q+1. The van der Waals surface area contributed by atoms with Gasteiger partial charge in [0.05, 0.1) is 0 Å². The minimum Gasteiger partial charge on any atom is -0.254 e. The molecular formula is C13H12O2P+. The van der Waals surface area contributed by atoms with Gasteiger partial charge in [-0.1, -0.05) is 36.4 Å². The monoisotopic (exact) mass is 231 g/mol. The second-order valence-electron chi connectivity index (χ2n) is 3.14. The van der Waals surface area contributed by atoms with E-state index < -0.39 is 8.00 Å². The molecule has 3 heteroatoms. The summed E-state index contributed by atoms with van der Waals surface area (Å²) >= 11 is 0. The normalized spacial score (nSPS) is 9.50. The molecule has 0 heterocycles. The van der Waals surface area contributed by atoms with Crippen LogP contribution in [0.4, 0.5) is 0 Å². The van der Waals surface area contributed by atoms with Gasteiger partial charge in [0.15, 0.2) is 17.8 Å². The van der Waals surface area contributed by atoms with Gasteiger partial charge in [-0.2, -0.15) is 0 Å². The summed E-state index contributed by atoms with van der Waals surface area (Å²) in [5, 5.41) is 0. The van der Waals surface area contributed by atoms with Crippen LogP contribution in [0.15, 0.2) is 60.7 Å². The van der Waals surface area contributed by atoms with Crippen LogP contribution < -0.4 is 9.05 Å². The zero-order chi connectivity index (χ0) is 11.2. The maximum Gasteiger partial charge on any atom is 0.525 e. The van der Waals surface area contributed by atoms with Crippen molar-refractivity contribution in [1.29, 1.82) is 0 Å². The summed E-state index contributed by atoms with van der Waals surface area (Å²) in [4.78, 5) is 0. The van der Waals surface area contributed by atoms with E-state index in [1.54, 1.807) is 0 Å². The van der Waals surface area contributed by atoms with Crippen molar-refractivity contribution in [3.8, 4) is 11.5 Å². The van der Waals surface area contributed by atoms with E-state index in [4.69, 9.17) is 9.05 Å². The van der Waals surface area contributed by atoms with Crippen molar-refractivity contribution in [1.82, 2.24) is 0 Å². The maximum atomic E-state index is 5.55. The van der Waals surface area contributed by atoms with Crippen molar-refractivity contribution in [2.45, 2.75) is 0 Å². The molecule has 0 bridgehead atoms. The SMILES string of the molecule is C=[P+](Oc1ccccc1)Oc1ccccc1. The zero-order valence-electron chi connectivity index (χ0n) is 8.74. The Morgan fingerprint density at radius 3 is 1.44 bits per heavy atom. The van der Waals surface area contributed by atoms with Gasteiger partial charge in [-0.05, 0) is 24.3 Å². The van der Waals surface area contributed by atoms with E-state index in [2.05, 4.69) is 6.30 Å². The molecule has 2 rings (SSSR count). The lowest BCUT2D eigenvalue weighted by atomic mass is 10.3. The molecule has 0 aliphatic carbocycles. The second-order valence-corrected chi connectivity index (χ2v) is 4.17. The number of benzene rings is 2. The van der Waals surface area contributed by atoms with Crippen LogP contribution >= 0.6 is 8.00 Å². The molecular weight excluding hydrogens is 219 g/mol. The van der Waals surface area contributed by atoms with E-state index in [1.807, 2.05) is 60.7 Å². The number of hydrogen-bond acceptors (Lipinski definition) is 2. The molecule has 0 aliphatic rings. The first kappa shape index (κ1) is 10.7. The first-order valence-electron chi connectivity index (χ1n) is 4.91. The third kappa shape index (κ3) is 3.11. The van der Waals surface area contributed by atoms with Gasteiger partial charge in [0.25, 0.3) is 0 Å². The summed E-state index contributed by atoms with van der Waals surface area (Å²) in [5.41, 5.74) is 0. The van der Waals surface area contributed by atoms with Crippen LogP contribution in [0, 0.1) is 0 Å². The van der Waals surface area contributed by atoms with Crippen LogP contribution in [-0.2, 0) is 0 Å². The highest BCUT2D eigenvalue weighted by atomic mass is 31.1. The summed E-state index contributed by atoms with van der Waals surface area (Å²) in [6.45, 7) is 0. The lowest BCUT2D eigenvalue weighted by molar-refractivity contribution is 0.511. The van der Waals surface area contributed by atoms with Crippen LogP contribution in [0.25, 0.3) is 0 Å². The number of rotatable bonds is 4. The van der Waals surface area contributed by atoms with Crippen molar-refractivity contribution in [3.63, 3.8) is 0 Å². The molecule has 0 unspecified atom stereocenters. The van der Waals surface area contributed by atoms with E-state index in [-0.39, 0.29) is 0 Å². The van der Waals surface area contributed by atoms with Crippen LogP contribution in [0.2, 0.25) is 0 Å². The molecule has 2 aromatic rings. The van der Waals surface area contributed by atoms with Crippen molar-refractivity contribution < 1.29 is 9.05 Å². The highest BCUT2D eigenvalue weighted by molar-refractivity contribution is 7.46. The molecule has 0 radical (unpaired) electrons. The van der Waals surface area contributed by atoms with Crippen LogP contribution in [-0.4, -0.2) is 6.30 Å². The summed E-state index contributed by atoms with van der Waals surface area (Å²) in [7, 11) is -1.18. The fourth-order valence-electron chi connectivity index (χ4n) is 1.22. The average molecular weight is 231 g/mol. The van der Waals surface area contributed by atoms with Crippen molar-refractivity contribution in [3.05, 3.63) is 60.7 Å². The lowest BCUT2D eigenvalue weighted by Crippen LogP contribution is -1.88. The summed E-state index contributed by atoms with van der Waals surface area (Å²) in [6, 6.07) is 19.1. The zero-order valence-corrected chi connectivity index (χ0v) is 9.64. The Hall–Kier alpha value is -1.79. The van der Waals surface area contributed by atoms with Gasteiger partial charge in [0.1, 0.15) is 0 Å². The Labute approximate surface area is 96.0 Å². The minimum atomic E-state index is -1.18. The molecule has 0 N–H and O–H groups in total. The highest BCUT2D eigenvalue weighted by Crippen LogP contribution is 2.29. The maximum absolute atomic E-state index is 5.55. The van der Waals surface area contributed by atoms with Gasteiger partial charge >= 0.3 is 8.00 Å². The lowest BCUT2D eigenvalue weighted by Gasteiger charge is -1.97. The van der Waals surface area contributed by atoms with Gasteiger partial charge in [-0.25, -0.2) is 0 Å². The van der Waals surface area contributed by atoms with E-state index in [0.29, 0.717) is 0 Å². The molecule has 0 fully saturated rings. The summed E-state index contributed by atoms with van der Waals surface area (Å²) in [5.74, 6) is 1.55. The first-order chi connectivity index (χ1) is 7.84. The van der Waals surface area contributed by atoms with E-state index in [0.717, 1.165) is 11.5 Å². The minimum absolute atomic E-state index is 0.777. The molecule has 0 saturated heterocycles. The molecule has 0 aromatic heterocycles. The second kappa shape index (κ2) is 5.34. The third-order valence-electron chi connectivity index (χ3n) is 1.90. The molecule has 16 heavy (non-hydrogen) atoms. The van der Waals surface area contributed by atoms with Crippen LogP contribution in [0.5, 0.6) is 11.5 Å². The third-order valence-corrected chi connectivity index (χ3v) is 2.73. The Balaban J connectivity index is 1.95. The topological polar surface area (TPSA) is 18.5 Å². The largest absolute Gasteiger partial charge is 0.525 e. The van der Waals surface area contributed by atoms with Gasteiger partial charge in [0, 0.05) is 0 Å². The summed E-state index contributed by atoms with van der Waals surface area (Å²) < 4.78 is 11.1. The molecule has 0 atom stereocenters. The molecule has 0 aliphatic heterocycles. The predicted octanol–water partition coefficient (Wildman–Crippen LogP) is 3.89. The van der Waals surface area contributed by atoms with Crippen molar-refractivity contribution >= 4 is 14.3 Å². The smallest absolute Gasteiger partial charge is 0.254 e. The number of hydrogen-bond donors (Lipinski definition) is 0. The van der Waals surface area contributed by atoms with Gasteiger partial charge in [0.2, 0.25) is 0 Å². The number of para-hydroxylation sites is 2. The Morgan fingerprint density at radius 2 is 1.06 bits per heavy atom. The molecule has 2 nitrogen and oxygen atoms in total. The van der Waals surface area contributed by atoms with E-state index >= 15 is 0 Å². The Kier molecular flexibility index (Phi) is 3.58. The van der Waals surface area contributed by atoms with Gasteiger partial charge in [-0.15, -0.1) is 0 Å². The van der Waals surface area contributed by atoms with E-state index in [1.165, 1.54) is 0 Å². The van der Waals surface area contributed by atoms with Crippen molar-refractivity contribution in [2.75, 3.05) is 0 Å². The Morgan fingerprint density at radius 1 is 0.688 bits per heavy atom. The molecule has 0 amide bonds. The van der Waals surface area contributed by atoms with Crippen LogP contribution in [0.3, 0.4) is 0 Å². The molecule has 0 saturated carbocycles. The van der Waals surface area contributed by atoms with Crippen molar-refractivity contribution in [2.24, 2.45) is 0 Å². The first-order valence-corrected chi connectivity index (χ1v) is 6.27. The molecule has 2 aromatic carbocycles. The highest BCUT2D eigenvalue weighted by Gasteiger charge is 2.12. The van der Waals surface area contributed by atoms with Gasteiger partial charge < -0.3 is 0 Å².